The van der Waals surface area contributed by atoms with E-state index in [-0.39, 0.29) is 54.3 Å². The summed E-state index contributed by atoms with van der Waals surface area (Å²) in [5, 5.41) is 32.7. The van der Waals surface area contributed by atoms with Crippen LogP contribution in [0, 0.1) is 5.82 Å². The zero-order valence-electron chi connectivity index (χ0n) is 23.0. The van der Waals surface area contributed by atoms with Gasteiger partial charge in [0.1, 0.15) is 17.3 Å². The van der Waals surface area contributed by atoms with Gasteiger partial charge in [-0.3, -0.25) is 9.59 Å². The first-order chi connectivity index (χ1) is 19.7. The second-order valence-corrected chi connectivity index (χ2v) is 10.2. The van der Waals surface area contributed by atoms with E-state index in [1.807, 2.05) is 48.7 Å². The molecule has 0 aliphatic rings. The van der Waals surface area contributed by atoms with Gasteiger partial charge in [0.25, 0.3) is 5.91 Å². The first-order valence-electron chi connectivity index (χ1n) is 13.5. The maximum atomic E-state index is 14.0. The molecule has 2 heterocycles. The zero-order chi connectivity index (χ0) is 29.5. The summed E-state index contributed by atoms with van der Waals surface area (Å²) in [7, 11) is 0. The van der Waals surface area contributed by atoms with E-state index in [1.54, 1.807) is 36.5 Å². The summed E-state index contributed by atoms with van der Waals surface area (Å²) in [6, 6.07) is 20.6. The standard InChI is InChI=1S/C32H34FN3O5.Na.H/c1-20(2)36-26(16-15-24(37)18-25(38)19-28(39)40)29(22-11-13-23(33)14-12-22)30(21-8-4-3-5-9-21)31(36)32(41)35-27-10-6-7-17-34-27;;/h3-14,17,20,24-25,37-38H,15-16,18-19H2,1-2H3,(H,39,40)(H,34,35,41);;/t24-,25-;;/m1../s1. The minimum atomic E-state index is -1.18. The number of hydrogen-bond acceptors (Lipinski definition) is 5. The second-order valence-electron chi connectivity index (χ2n) is 10.2. The topological polar surface area (TPSA) is 125 Å². The van der Waals surface area contributed by atoms with Gasteiger partial charge in [-0.2, -0.15) is 0 Å². The third-order valence-electron chi connectivity index (χ3n) is 6.81. The summed E-state index contributed by atoms with van der Waals surface area (Å²) in [6.07, 6.45) is -0.623. The molecular weight excluding hydrogens is 548 g/mol. The van der Waals surface area contributed by atoms with Crippen LogP contribution in [0.1, 0.15) is 55.3 Å². The van der Waals surface area contributed by atoms with Gasteiger partial charge in [-0.1, -0.05) is 48.5 Å². The summed E-state index contributed by atoms with van der Waals surface area (Å²) in [6.45, 7) is 3.91. The molecule has 0 aliphatic heterocycles. The van der Waals surface area contributed by atoms with Gasteiger partial charge < -0.3 is 25.2 Å². The number of carbonyl (C=O) groups excluding carboxylic acids is 1. The number of hydrogen-bond donors (Lipinski definition) is 4. The molecule has 0 bridgehead atoms. The molecule has 2 aromatic heterocycles. The molecule has 0 saturated carbocycles. The van der Waals surface area contributed by atoms with Crippen LogP contribution in [0.2, 0.25) is 0 Å². The molecule has 10 heteroatoms. The van der Waals surface area contributed by atoms with E-state index >= 15 is 0 Å². The maximum absolute atomic E-state index is 14.0. The van der Waals surface area contributed by atoms with Crippen molar-refractivity contribution in [1.82, 2.24) is 9.55 Å². The molecule has 1 amide bonds. The molecule has 216 valence electrons. The molecule has 0 fully saturated rings. The third-order valence-corrected chi connectivity index (χ3v) is 6.81. The first kappa shape index (κ1) is 33.2. The summed E-state index contributed by atoms with van der Waals surface area (Å²) in [5.74, 6) is -1.52. The fourth-order valence-electron chi connectivity index (χ4n) is 5.12. The van der Waals surface area contributed by atoms with E-state index in [9.17, 15) is 24.2 Å². The molecule has 0 radical (unpaired) electrons. The monoisotopic (exact) mass is 583 g/mol. The van der Waals surface area contributed by atoms with Crippen LogP contribution >= 0.6 is 0 Å². The molecule has 2 aromatic carbocycles. The molecule has 0 saturated heterocycles. The number of anilines is 1. The molecule has 4 rings (SSSR count). The Morgan fingerprint density at radius 2 is 1.55 bits per heavy atom. The molecule has 0 spiro atoms. The number of rotatable bonds is 12. The van der Waals surface area contributed by atoms with Gasteiger partial charge in [-0.05, 0) is 68.5 Å². The number of aliphatic carboxylic acids is 1. The number of amides is 1. The molecule has 4 aromatic rings. The average Bonchev–Trinajstić information content (AvgIpc) is 3.28. The molecule has 8 nitrogen and oxygen atoms in total. The summed E-state index contributed by atoms with van der Waals surface area (Å²) < 4.78 is 15.9. The fourth-order valence-corrected chi connectivity index (χ4v) is 5.12. The van der Waals surface area contributed by atoms with Crippen molar-refractivity contribution in [2.45, 2.75) is 57.8 Å². The van der Waals surface area contributed by atoms with E-state index in [0.29, 0.717) is 29.1 Å². The Morgan fingerprint density at radius 1 is 0.905 bits per heavy atom. The zero-order valence-corrected chi connectivity index (χ0v) is 23.0. The number of nitrogens with one attached hydrogen (secondary N) is 1. The Balaban J connectivity index is 0.00000484. The molecule has 2 atom stereocenters. The normalized spacial score (nSPS) is 12.4. The van der Waals surface area contributed by atoms with Crippen molar-refractivity contribution >= 4 is 47.3 Å². The Bertz CT molecular complexity index is 1480. The summed E-state index contributed by atoms with van der Waals surface area (Å²) in [4.78, 5) is 29.2. The van der Waals surface area contributed by atoms with Gasteiger partial charge >= 0.3 is 35.5 Å². The first-order valence-corrected chi connectivity index (χ1v) is 13.5. The molecule has 42 heavy (non-hydrogen) atoms. The predicted molar refractivity (Wildman–Crippen MR) is 162 cm³/mol. The Kier molecular flexibility index (Phi) is 12.0. The SMILES string of the molecule is CC(C)n1c(CC[C@@H](O)C[C@@H](O)CC(=O)O)c(-c2ccc(F)cc2)c(-c2ccccc2)c1C(=O)Nc1ccccn1.[NaH]. The number of aliphatic hydroxyl groups is 2. The van der Waals surface area contributed by atoms with Gasteiger partial charge in [0.05, 0.1) is 18.6 Å². The van der Waals surface area contributed by atoms with Gasteiger partial charge in [0.15, 0.2) is 0 Å². The van der Waals surface area contributed by atoms with Crippen molar-refractivity contribution in [3.63, 3.8) is 0 Å². The third kappa shape index (κ3) is 8.14. The number of aromatic nitrogens is 2. The molecule has 4 N–H and O–H groups in total. The molecule has 0 unspecified atom stereocenters. The van der Waals surface area contributed by atoms with Crippen LogP contribution in [0.25, 0.3) is 22.3 Å². The van der Waals surface area contributed by atoms with Crippen molar-refractivity contribution < 1.29 is 29.3 Å². The second kappa shape index (κ2) is 15.2. The average molecular weight is 584 g/mol. The number of pyridine rings is 1. The minimum absolute atomic E-state index is 0. The Morgan fingerprint density at radius 3 is 2.14 bits per heavy atom. The van der Waals surface area contributed by atoms with E-state index in [4.69, 9.17) is 5.11 Å². The van der Waals surface area contributed by atoms with Crippen LogP contribution < -0.4 is 5.32 Å². The number of carboxylic acid groups (broad SMARTS) is 1. The van der Waals surface area contributed by atoms with E-state index in [0.717, 1.165) is 16.8 Å². The quantitative estimate of drug-likeness (QED) is 0.173. The molecular formula is C32H35FN3NaO5. The molecule has 0 aliphatic carbocycles. The van der Waals surface area contributed by atoms with Crippen LogP contribution in [0.15, 0.2) is 79.0 Å². The van der Waals surface area contributed by atoms with Gasteiger partial charge in [0, 0.05) is 29.1 Å². The van der Waals surface area contributed by atoms with Crippen molar-refractivity contribution in [2.75, 3.05) is 5.32 Å². The number of halogens is 1. The predicted octanol–water partition coefficient (Wildman–Crippen LogP) is 5.06. The van der Waals surface area contributed by atoms with Crippen molar-refractivity contribution in [3.05, 3.63) is 96.2 Å². The van der Waals surface area contributed by atoms with E-state index < -0.39 is 30.4 Å². The van der Waals surface area contributed by atoms with Crippen molar-refractivity contribution in [1.29, 1.82) is 0 Å². The van der Waals surface area contributed by atoms with Crippen LogP contribution in [-0.4, -0.2) is 78.5 Å². The van der Waals surface area contributed by atoms with Gasteiger partial charge in [0.2, 0.25) is 0 Å². The van der Waals surface area contributed by atoms with Crippen molar-refractivity contribution in [2.24, 2.45) is 0 Å². The van der Waals surface area contributed by atoms with Crippen LogP contribution in [0.3, 0.4) is 0 Å². The van der Waals surface area contributed by atoms with Crippen molar-refractivity contribution in [3.8, 4) is 22.3 Å². The van der Waals surface area contributed by atoms with Gasteiger partial charge in [-0.25, -0.2) is 9.37 Å². The number of carboxylic acids is 1. The number of benzene rings is 2. The van der Waals surface area contributed by atoms with Crippen LogP contribution in [0.4, 0.5) is 10.2 Å². The fraction of sp³-hybridized carbons (Fsp3) is 0.281. The summed E-state index contributed by atoms with van der Waals surface area (Å²) >= 11 is 0. The van der Waals surface area contributed by atoms with E-state index in [2.05, 4.69) is 10.3 Å². The van der Waals surface area contributed by atoms with Crippen LogP contribution in [-0.2, 0) is 11.2 Å². The number of nitrogens with zero attached hydrogens (tertiary/aromatic N) is 2. The van der Waals surface area contributed by atoms with Crippen LogP contribution in [0.5, 0.6) is 0 Å². The van der Waals surface area contributed by atoms with Gasteiger partial charge in [-0.15, -0.1) is 0 Å². The number of aliphatic hydroxyl groups excluding tert-OH is 2. The Hall–Kier alpha value is -3.34. The Labute approximate surface area is 266 Å². The van der Waals surface area contributed by atoms with E-state index in [1.165, 1.54) is 12.1 Å². The summed E-state index contributed by atoms with van der Waals surface area (Å²) in [5.41, 5.74) is 4.03. The number of carbonyl (C=O) groups is 2.